The Bertz CT molecular complexity index is 339. The number of halogens is 1. The van der Waals surface area contributed by atoms with Gasteiger partial charge in [-0.15, -0.1) is 11.3 Å². The summed E-state index contributed by atoms with van der Waals surface area (Å²) in [6, 6.07) is 0. The second-order valence-corrected chi connectivity index (χ2v) is 5.60. The first-order valence-corrected chi connectivity index (χ1v) is 6.37. The summed E-state index contributed by atoms with van der Waals surface area (Å²) < 4.78 is 11.6. The van der Waals surface area contributed by atoms with Crippen LogP contribution in [0, 0.1) is 0 Å². The van der Waals surface area contributed by atoms with Crippen LogP contribution in [-0.2, 0) is 16.0 Å². The number of hydrogen-bond acceptors (Lipinski definition) is 5. The van der Waals surface area contributed by atoms with Crippen LogP contribution in [0.15, 0.2) is 6.20 Å². The fourth-order valence-electron chi connectivity index (χ4n) is 1.73. The average molecular weight is 263 g/mol. The first-order chi connectivity index (χ1) is 7.74. The monoisotopic (exact) mass is 262 g/mol. The molecule has 90 valence electrons. The second-order valence-electron chi connectivity index (χ2n) is 3.85. The molecule has 1 fully saturated rings. The van der Waals surface area contributed by atoms with Crippen molar-refractivity contribution in [3.63, 3.8) is 0 Å². The molecule has 6 heteroatoms. The third-order valence-corrected chi connectivity index (χ3v) is 3.86. The smallest absolute Gasteiger partial charge is 0.113 e. The van der Waals surface area contributed by atoms with Gasteiger partial charge in [0.1, 0.15) is 14.9 Å². The van der Waals surface area contributed by atoms with Crippen molar-refractivity contribution in [1.29, 1.82) is 0 Å². The Kier molecular flexibility index (Phi) is 4.16. The molecule has 1 aliphatic rings. The van der Waals surface area contributed by atoms with Crippen molar-refractivity contribution in [1.82, 2.24) is 10.3 Å². The molecule has 1 N–H and O–H groups in total. The minimum Gasteiger partial charge on any atom is -0.378 e. The van der Waals surface area contributed by atoms with Crippen molar-refractivity contribution in [3.05, 3.63) is 15.5 Å². The Morgan fingerprint density at radius 1 is 1.75 bits per heavy atom. The molecule has 0 aromatic carbocycles. The molecule has 0 bridgehead atoms. The summed E-state index contributed by atoms with van der Waals surface area (Å²) in [5.41, 5.74) is -0.166. The second kappa shape index (κ2) is 5.42. The number of methoxy groups -OCH3 is 1. The molecule has 0 radical (unpaired) electrons. The van der Waals surface area contributed by atoms with Crippen molar-refractivity contribution >= 4 is 22.9 Å². The lowest BCUT2D eigenvalue weighted by atomic mass is 10.0. The van der Waals surface area contributed by atoms with E-state index in [0.29, 0.717) is 6.61 Å². The number of nitrogens with zero attached hydrogens (tertiary/aromatic N) is 1. The van der Waals surface area contributed by atoms with Crippen LogP contribution in [0.4, 0.5) is 0 Å². The molecule has 1 unspecified atom stereocenters. The fraction of sp³-hybridized carbons (Fsp3) is 0.700. The average Bonchev–Trinajstić information content (AvgIpc) is 2.89. The van der Waals surface area contributed by atoms with Gasteiger partial charge >= 0.3 is 0 Å². The lowest BCUT2D eigenvalue weighted by molar-refractivity contribution is -0.0159. The highest BCUT2D eigenvalue weighted by molar-refractivity contribution is 7.15. The molecule has 0 aliphatic carbocycles. The van der Waals surface area contributed by atoms with Crippen LogP contribution in [0.2, 0.25) is 4.34 Å². The third-order valence-electron chi connectivity index (χ3n) is 2.75. The van der Waals surface area contributed by atoms with E-state index in [4.69, 9.17) is 21.1 Å². The summed E-state index contributed by atoms with van der Waals surface area (Å²) in [5.74, 6) is 0. The van der Waals surface area contributed by atoms with Gasteiger partial charge in [0.15, 0.2) is 0 Å². The predicted octanol–water partition coefficient (Wildman–Crippen LogP) is 1.69. The lowest BCUT2D eigenvalue weighted by Gasteiger charge is -2.25. The Morgan fingerprint density at radius 2 is 2.62 bits per heavy atom. The van der Waals surface area contributed by atoms with Crippen molar-refractivity contribution in [2.75, 3.05) is 26.9 Å². The van der Waals surface area contributed by atoms with Gasteiger partial charge in [-0.2, -0.15) is 0 Å². The summed E-state index contributed by atoms with van der Waals surface area (Å²) >= 11 is 7.30. The van der Waals surface area contributed by atoms with E-state index in [1.165, 1.54) is 11.3 Å². The lowest BCUT2D eigenvalue weighted by Crippen LogP contribution is -2.42. The van der Waals surface area contributed by atoms with Crippen LogP contribution in [0.3, 0.4) is 0 Å². The van der Waals surface area contributed by atoms with E-state index in [-0.39, 0.29) is 5.60 Å². The molecule has 0 amide bonds. The molecule has 1 aliphatic heterocycles. The van der Waals surface area contributed by atoms with Gasteiger partial charge < -0.3 is 14.8 Å². The van der Waals surface area contributed by atoms with E-state index < -0.39 is 0 Å². The highest BCUT2D eigenvalue weighted by atomic mass is 35.5. The number of rotatable bonds is 5. The van der Waals surface area contributed by atoms with Crippen molar-refractivity contribution in [2.24, 2.45) is 0 Å². The molecule has 1 saturated heterocycles. The predicted molar refractivity (Wildman–Crippen MR) is 64.0 cm³/mol. The van der Waals surface area contributed by atoms with Crippen molar-refractivity contribution < 1.29 is 9.47 Å². The molecule has 0 spiro atoms. The first kappa shape index (κ1) is 12.3. The van der Waals surface area contributed by atoms with E-state index in [2.05, 4.69) is 10.3 Å². The minimum atomic E-state index is -0.166. The summed E-state index contributed by atoms with van der Waals surface area (Å²) in [4.78, 5) is 4.18. The van der Waals surface area contributed by atoms with Gasteiger partial charge in [0.05, 0.1) is 12.8 Å². The summed E-state index contributed by atoms with van der Waals surface area (Å²) in [5, 5.41) is 4.33. The Labute approximate surface area is 104 Å². The van der Waals surface area contributed by atoms with Crippen molar-refractivity contribution in [3.8, 4) is 0 Å². The van der Waals surface area contributed by atoms with Gasteiger partial charge in [-0.1, -0.05) is 11.6 Å². The van der Waals surface area contributed by atoms with Crippen LogP contribution in [0.1, 0.15) is 11.4 Å². The van der Waals surface area contributed by atoms with Crippen molar-refractivity contribution in [2.45, 2.75) is 18.6 Å². The standard InChI is InChI=1S/C10H15ClN2O2S/c1-14-10(2-3-15-7-10)6-12-5-9-13-4-8(11)16-9/h4,12H,2-3,5-7H2,1H3. The van der Waals surface area contributed by atoms with Gasteiger partial charge in [0.25, 0.3) is 0 Å². The maximum absolute atomic E-state index is 5.80. The number of thiazole rings is 1. The maximum atomic E-state index is 5.80. The number of ether oxygens (including phenoxy) is 2. The topological polar surface area (TPSA) is 43.4 Å². The Hall–Kier alpha value is -0.200. The highest BCUT2D eigenvalue weighted by Gasteiger charge is 2.34. The molecule has 2 rings (SSSR count). The Balaban J connectivity index is 1.78. The van der Waals surface area contributed by atoms with E-state index in [1.807, 2.05) is 0 Å². The molecular weight excluding hydrogens is 248 g/mol. The minimum absolute atomic E-state index is 0.166. The van der Waals surface area contributed by atoms with Crippen LogP contribution in [0.5, 0.6) is 0 Å². The van der Waals surface area contributed by atoms with Crippen LogP contribution < -0.4 is 5.32 Å². The SMILES string of the molecule is COC1(CNCc2ncc(Cl)s2)CCOC1. The molecular formula is C10H15ClN2O2S. The highest BCUT2D eigenvalue weighted by Crippen LogP contribution is 2.22. The number of hydrogen-bond donors (Lipinski definition) is 1. The van der Waals surface area contributed by atoms with Gasteiger partial charge in [0.2, 0.25) is 0 Å². The zero-order valence-corrected chi connectivity index (χ0v) is 10.7. The number of aromatic nitrogens is 1. The molecule has 4 nitrogen and oxygen atoms in total. The van der Waals surface area contributed by atoms with E-state index in [1.54, 1.807) is 13.3 Å². The quantitative estimate of drug-likeness (QED) is 0.877. The van der Waals surface area contributed by atoms with Gasteiger partial charge in [0, 0.05) is 33.2 Å². The third kappa shape index (κ3) is 2.93. The summed E-state index contributed by atoms with van der Waals surface area (Å²) in [6.07, 6.45) is 2.61. The van der Waals surface area contributed by atoms with Crippen LogP contribution in [-0.4, -0.2) is 37.5 Å². The molecule has 1 aromatic heterocycles. The van der Waals surface area contributed by atoms with Crippen LogP contribution in [0.25, 0.3) is 0 Å². The van der Waals surface area contributed by atoms with Gasteiger partial charge in [-0.3, -0.25) is 0 Å². The molecule has 1 atom stereocenters. The summed E-state index contributed by atoms with van der Waals surface area (Å²) in [7, 11) is 1.73. The van der Waals surface area contributed by atoms with Gasteiger partial charge in [-0.25, -0.2) is 4.98 Å². The molecule has 2 heterocycles. The normalized spacial score (nSPS) is 25.1. The fourth-order valence-corrected chi connectivity index (χ4v) is 2.65. The maximum Gasteiger partial charge on any atom is 0.113 e. The van der Waals surface area contributed by atoms with Crippen LogP contribution >= 0.6 is 22.9 Å². The molecule has 1 aromatic rings. The van der Waals surface area contributed by atoms with E-state index >= 15 is 0 Å². The molecule has 16 heavy (non-hydrogen) atoms. The summed E-state index contributed by atoms with van der Waals surface area (Å²) in [6.45, 7) is 2.94. The molecule has 0 saturated carbocycles. The zero-order chi connectivity index (χ0) is 11.4. The number of nitrogens with one attached hydrogen (secondary N) is 1. The van der Waals surface area contributed by atoms with E-state index in [9.17, 15) is 0 Å². The zero-order valence-electron chi connectivity index (χ0n) is 9.16. The van der Waals surface area contributed by atoms with Gasteiger partial charge in [-0.05, 0) is 0 Å². The first-order valence-electron chi connectivity index (χ1n) is 5.18. The van der Waals surface area contributed by atoms with E-state index in [0.717, 1.165) is 35.5 Å². The largest absolute Gasteiger partial charge is 0.378 e. The Morgan fingerprint density at radius 3 is 3.19 bits per heavy atom.